The van der Waals surface area contributed by atoms with Gasteiger partial charge in [0.25, 0.3) is 0 Å². The molecule has 0 fully saturated rings. The lowest BCUT2D eigenvalue weighted by atomic mass is 10.0. The van der Waals surface area contributed by atoms with E-state index in [2.05, 4.69) is 6.92 Å². The molecule has 0 unspecified atom stereocenters. The van der Waals surface area contributed by atoms with E-state index in [4.69, 9.17) is 11.6 Å². The van der Waals surface area contributed by atoms with Crippen LogP contribution < -0.4 is 0 Å². The van der Waals surface area contributed by atoms with Gasteiger partial charge in [0.05, 0.1) is 0 Å². The summed E-state index contributed by atoms with van der Waals surface area (Å²) in [7, 11) is 0. The molecule has 1 aromatic rings. The molecule has 17 heavy (non-hydrogen) atoms. The van der Waals surface area contributed by atoms with Crippen molar-refractivity contribution >= 4 is 17.4 Å². The molecule has 0 spiro atoms. The lowest BCUT2D eigenvalue weighted by Gasteiger charge is -2.04. The first kappa shape index (κ1) is 14.2. The second kappa shape index (κ2) is 7.44. The van der Waals surface area contributed by atoms with Crippen molar-refractivity contribution in [2.75, 3.05) is 0 Å². The molecule has 0 N–H and O–H groups in total. The zero-order valence-electron chi connectivity index (χ0n) is 10.1. The third-order valence-electron chi connectivity index (χ3n) is 2.71. The average Bonchev–Trinajstić information content (AvgIpc) is 2.28. The van der Waals surface area contributed by atoms with Gasteiger partial charge >= 0.3 is 0 Å². The van der Waals surface area contributed by atoms with Gasteiger partial charge in [0, 0.05) is 17.9 Å². The molecule has 0 radical (unpaired) electrons. The Labute approximate surface area is 107 Å². The molecule has 0 atom stereocenters. The minimum Gasteiger partial charge on any atom is -0.299 e. The molecule has 0 heterocycles. The maximum absolute atomic E-state index is 12.8. The van der Waals surface area contributed by atoms with Crippen LogP contribution in [0.2, 0.25) is 5.02 Å². The molecule has 0 aromatic heterocycles. The Hall–Kier alpha value is -0.890. The van der Waals surface area contributed by atoms with Crippen LogP contribution in [0.5, 0.6) is 0 Å². The van der Waals surface area contributed by atoms with Gasteiger partial charge < -0.3 is 0 Å². The van der Waals surface area contributed by atoms with Crippen LogP contribution in [0.15, 0.2) is 18.2 Å². The summed E-state index contributed by atoms with van der Waals surface area (Å²) in [6.45, 7) is 2.14. The number of hydrogen-bond donors (Lipinski definition) is 0. The Balaban J connectivity index is 2.40. The van der Waals surface area contributed by atoms with Gasteiger partial charge in [0.2, 0.25) is 0 Å². The molecule has 1 aromatic carbocycles. The Morgan fingerprint density at radius 3 is 2.71 bits per heavy atom. The summed E-state index contributed by atoms with van der Waals surface area (Å²) in [4.78, 5) is 11.7. The number of ketones is 1. The van der Waals surface area contributed by atoms with Crippen molar-refractivity contribution in [2.45, 2.75) is 45.4 Å². The molecule has 94 valence electrons. The number of halogens is 2. The topological polar surface area (TPSA) is 17.1 Å². The van der Waals surface area contributed by atoms with Crippen LogP contribution in [0.1, 0.15) is 44.6 Å². The summed E-state index contributed by atoms with van der Waals surface area (Å²) in [6.07, 6.45) is 5.27. The van der Waals surface area contributed by atoms with Crippen LogP contribution in [0.3, 0.4) is 0 Å². The molecular weight excluding hydrogens is 239 g/mol. The number of carbonyl (C=O) groups is 1. The first-order valence-electron chi connectivity index (χ1n) is 6.09. The van der Waals surface area contributed by atoms with E-state index in [0.29, 0.717) is 23.4 Å². The third-order valence-corrected chi connectivity index (χ3v) is 3.06. The van der Waals surface area contributed by atoms with Crippen LogP contribution >= 0.6 is 11.6 Å². The smallest absolute Gasteiger partial charge is 0.137 e. The van der Waals surface area contributed by atoms with Gasteiger partial charge in [-0.3, -0.25) is 4.79 Å². The first-order chi connectivity index (χ1) is 8.13. The first-order valence-corrected chi connectivity index (χ1v) is 6.47. The number of Topliss-reactive ketones (excluding diaryl/α,β-unsaturated/α-hetero) is 1. The van der Waals surface area contributed by atoms with E-state index in [1.165, 1.54) is 18.6 Å². The van der Waals surface area contributed by atoms with E-state index in [1.807, 2.05) is 0 Å². The quantitative estimate of drug-likeness (QED) is 0.654. The van der Waals surface area contributed by atoms with Crippen molar-refractivity contribution in [2.24, 2.45) is 0 Å². The standard InChI is InChI=1S/C14H18ClFO/c1-2-3-4-5-6-13(17)9-11-7-8-12(16)10-14(11)15/h7-8,10H,2-6,9H2,1H3. The van der Waals surface area contributed by atoms with Gasteiger partial charge in [0.1, 0.15) is 11.6 Å². The van der Waals surface area contributed by atoms with E-state index in [9.17, 15) is 9.18 Å². The molecule has 0 bridgehead atoms. The van der Waals surface area contributed by atoms with E-state index in [1.54, 1.807) is 6.07 Å². The van der Waals surface area contributed by atoms with Crippen LogP contribution in [-0.4, -0.2) is 5.78 Å². The normalized spacial score (nSPS) is 10.5. The summed E-state index contributed by atoms with van der Waals surface area (Å²) >= 11 is 5.87. The van der Waals surface area contributed by atoms with Crippen molar-refractivity contribution in [1.82, 2.24) is 0 Å². The summed E-state index contributed by atoms with van der Waals surface area (Å²) in [5.41, 5.74) is 0.716. The predicted molar refractivity (Wildman–Crippen MR) is 68.9 cm³/mol. The van der Waals surface area contributed by atoms with Gasteiger partial charge in [-0.25, -0.2) is 4.39 Å². The highest BCUT2D eigenvalue weighted by atomic mass is 35.5. The molecule has 0 saturated carbocycles. The van der Waals surface area contributed by atoms with Crippen molar-refractivity contribution in [1.29, 1.82) is 0 Å². The van der Waals surface area contributed by atoms with Gasteiger partial charge in [-0.05, 0) is 24.1 Å². The van der Waals surface area contributed by atoms with Crippen LogP contribution in [0.4, 0.5) is 4.39 Å². The molecule has 0 aliphatic carbocycles. The number of hydrogen-bond acceptors (Lipinski definition) is 1. The average molecular weight is 257 g/mol. The van der Waals surface area contributed by atoms with Crippen LogP contribution in [0.25, 0.3) is 0 Å². The zero-order chi connectivity index (χ0) is 12.7. The van der Waals surface area contributed by atoms with Gasteiger partial charge in [-0.15, -0.1) is 0 Å². The van der Waals surface area contributed by atoms with Gasteiger partial charge in [-0.2, -0.15) is 0 Å². The van der Waals surface area contributed by atoms with Crippen molar-refractivity contribution in [3.63, 3.8) is 0 Å². The van der Waals surface area contributed by atoms with Crippen molar-refractivity contribution in [3.8, 4) is 0 Å². The molecule has 0 amide bonds. The molecule has 1 rings (SSSR count). The van der Waals surface area contributed by atoms with E-state index in [0.717, 1.165) is 19.3 Å². The molecule has 1 nitrogen and oxygen atoms in total. The largest absolute Gasteiger partial charge is 0.299 e. The Bertz CT molecular complexity index is 376. The minimum atomic E-state index is -0.367. The predicted octanol–water partition coefficient (Wildman–Crippen LogP) is 4.56. The molecule has 0 saturated heterocycles. The van der Waals surface area contributed by atoms with Crippen LogP contribution in [0, 0.1) is 5.82 Å². The summed E-state index contributed by atoms with van der Waals surface area (Å²) < 4.78 is 12.8. The van der Waals surface area contributed by atoms with E-state index < -0.39 is 0 Å². The number of benzene rings is 1. The Morgan fingerprint density at radius 1 is 1.29 bits per heavy atom. The third kappa shape index (κ3) is 5.31. The van der Waals surface area contributed by atoms with E-state index in [-0.39, 0.29) is 11.6 Å². The fourth-order valence-electron chi connectivity index (χ4n) is 1.71. The van der Waals surface area contributed by atoms with Crippen molar-refractivity contribution < 1.29 is 9.18 Å². The number of carbonyl (C=O) groups excluding carboxylic acids is 1. The highest BCUT2D eigenvalue weighted by Gasteiger charge is 2.07. The maximum atomic E-state index is 12.8. The minimum absolute atomic E-state index is 0.176. The molecule has 3 heteroatoms. The molecule has 0 aliphatic rings. The highest BCUT2D eigenvalue weighted by Crippen LogP contribution is 2.18. The SMILES string of the molecule is CCCCCCC(=O)Cc1ccc(F)cc1Cl. The Morgan fingerprint density at radius 2 is 2.06 bits per heavy atom. The zero-order valence-corrected chi connectivity index (χ0v) is 10.9. The maximum Gasteiger partial charge on any atom is 0.137 e. The lowest BCUT2D eigenvalue weighted by Crippen LogP contribution is -2.03. The van der Waals surface area contributed by atoms with Gasteiger partial charge in [-0.1, -0.05) is 43.9 Å². The summed E-state index contributed by atoms with van der Waals surface area (Å²) in [5.74, 6) is -0.191. The van der Waals surface area contributed by atoms with Gasteiger partial charge in [0.15, 0.2) is 0 Å². The van der Waals surface area contributed by atoms with Crippen LogP contribution in [-0.2, 0) is 11.2 Å². The number of unbranched alkanes of at least 4 members (excludes halogenated alkanes) is 3. The highest BCUT2D eigenvalue weighted by molar-refractivity contribution is 6.31. The van der Waals surface area contributed by atoms with E-state index >= 15 is 0 Å². The molecular formula is C14H18ClFO. The second-order valence-corrected chi connectivity index (χ2v) is 4.67. The van der Waals surface area contributed by atoms with Crippen molar-refractivity contribution in [3.05, 3.63) is 34.6 Å². The summed E-state index contributed by atoms with van der Waals surface area (Å²) in [5, 5.41) is 0.340. The molecule has 0 aliphatic heterocycles. The fraction of sp³-hybridized carbons (Fsp3) is 0.500. The Kier molecular flexibility index (Phi) is 6.20. The summed E-state index contributed by atoms with van der Waals surface area (Å²) in [6, 6.07) is 4.18. The lowest BCUT2D eigenvalue weighted by molar-refractivity contribution is -0.118. The number of rotatable bonds is 7. The fourth-order valence-corrected chi connectivity index (χ4v) is 1.95. The second-order valence-electron chi connectivity index (χ2n) is 4.26. The monoisotopic (exact) mass is 256 g/mol.